The number of nitrogens with two attached hydrogens (primary N) is 1. The maximum atomic E-state index is 5.56. The smallest absolute Gasteiger partial charge is 0.322 e. The molecule has 16 heavy (non-hydrogen) atoms. The maximum absolute atomic E-state index is 5.56. The molecule has 0 atom stereocenters. The first-order valence-electron chi connectivity index (χ1n) is 5.05. The average molecular weight is 226 g/mol. The van der Waals surface area contributed by atoms with Gasteiger partial charge in [0.2, 0.25) is 11.9 Å². The Bertz CT molecular complexity index is 341. The molecular formula is C9H18N6O. The van der Waals surface area contributed by atoms with Crippen molar-refractivity contribution in [1.29, 1.82) is 0 Å². The number of rotatable bonds is 5. The fraction of sp³-hybridized carbons (Fsp3) is 0.667. The summed E-state index contributed by atoms with van der Waals surface area (Å²) in [7, 11) is 3.16. The summed E-state index contributed by atoms with van der Waals surface area (Å²) in [6.07, 6.45) is 0. The van der Waals surface area contributed by atoms with Crippen LogP contribution in [0, 0.1) is 5.92 Å². The van der Waals surface area contributed by atoms with E-state index in [4.69, 9.17) is 10.6 Å². The molecule has 1 rings (SSSR count). The van der Waals surface area contributed by atoms with Gasteiger partial charge in [-0.05, 0) is 5.92 Å². The number of hydrogen-bond acceptors (Lipinski definition) is 7. The van der Waals surface area contributed by atoms with Crippen LogP contribution in [0.3, 0.4) is 0 Å². The molecule has 0 radical (unpaired) electrons. The van der Waals surface area contributed by atoms with Gasteiger partial charge in [-0.3, -0.25) is 5.01 Å². The van der Waals surface area contributed by atoms with Crippen molar-refractivity contribution in [3.05, 3.63) is 0 Å². The van der Waals surface area contributed by atoms with Crippen molar-refractivity contribution in [2.75, 3.05) is 31.0 Å². The van der Waals surface area contributed by atoms with Crippen LogP contribution >= 0.6 is 0 Å². The van der Waals surface area contributed by atoms with Crippen molar-refractivity contribution in [2.24, 2.45) is 11.8 Å². The minimum Gasteiger partial charge on any atom is -0.467 e. The average Bonchev–Trinajstić information content (AvgIpc) is 2.25. The van der Waals surface area contributed by atoms with E-state index in [2.05, 4.69) is 34.1 Å². The van der Waals surface area contributed by atoms with E-state index >= 15 is 0 Å². The van der Waals surface area contributed by atoms with E-state index in [-0.39, 0.29) is 6.01 Å². The van der Waals surface area contributed by atoms with Crippen LogP contribution in [0.4, 0.5) is 11.9 Å². The molecule has 0 aliphatic carbocycles. The van der Waals surface area contributed by atoms with Crippen LogP contribution in [0.5, 0.6) is 6.01 Å². The van der Waals surface area contributed by atoms with Gasteiger partial charge in [-0.1, -0.05) is 13.8 Å². The second kappa shape index (κ2) is 5.45. The zero-order valence-corrected chi connectivity index (χ0v) is 10.1. The summed E-state index contributed by atoms with van der Waals surface area (Å²) >= 11 is 0. The van der Waals surface area contributed by atoms with Gasteiger partial charge in [-0.15, -0.1) is 0 Å². The largest absolute Gasteiger partial charge is 0.467 e. The SMILES string of the molecule is COc1nc(NCC(C)C)nc(N(C)N)n1. The molecule has 0 aliphatic heterocycles. The zero-order chi connectivity index (χ0) is 12.1. The van der Waals surface area contributed by atoms with Crippen molar-refractivity contribution < 1.29 is 4.74 Å². The van der Waals surface area contributed by atoms with E-state index in [0.29, 0.717) is 17.8 Å². The number of hydrazine groups is 1. The number of ether oxygens (including phenoxy) is 1. The number of anilines is 2. The molecule has 0 bridgehead atoms. The Morgan fingerprint density at radius 2 is 2.06 bits per heavy atom. The first kappa shape index (κ1) is 12.4. The highest BCUT2D eigenvalue weighted by molar-refractivity contribution is 5.36. The molecule has 90 valence electrons. The van der Waals surface area contributed by atoms with Crippen molar-refractivity contribution in [2.45, 2.75) is 13.8 Å². The van der Waals surface area contributed by atoms with Gasteiger partial charge in [0.05, 0.1) is 7.11 Å². The zero-order valence-electron chi connectivity index (χ0n) is 10.1. The number of methoxy groups -OCH3 is 1. The van der Waals surface area contributed by atoms with Crippen LogP contribution in [0.15, 0.2) is 0 Å². The van der Waals surface area contributed by atoms with E-state index in [1.165, 1.54) is 12.1 Å². The lowest BCUT2D eigenvalue weighted by Crippen LogP contribution is -2.28. The Balaban J connectivity index is 2.86. The lowest BCUT2D eigenvalue weighted by Gasteiger charge is -2.13. The Labute approximate surface area is 95.0 Å². The van der Waals surface area contributed by atoms with Crippen molar-refractivity contribution >= 4 is 11.9 Å². The molecule has 0 spiro atoms. The van der Waals surface area contributed by atoms with E-state index in [0.717, 1.165) is 6.54 Å². The number of nitrogens with zero attached hydrogens (tertiary/aromatic N) is 4. The van der Waals surface area contributed by atoms with E-state index in [1.807, 2.05) is 0 Å². The topological polar surface area (TPSA) is 89.2 Å². The van der Waals surface area contributed by atoms with Crippen LogP contribution in [-0.4, -0.2) is 35.7 Å². The van der Waals surface area contributed by atoms with Crippen LogP contribution < -0.4 is 20.9 Å². The molecule has 0 saturated heterocycles. The first-order chi connectivity index (χ1) is 7.52. The van der Waals surface area contributed by atoms with E-state index in [1.54, 1.807) is 7.05 Å². The molecular weight excluding hydrogens is 208 g/mol. The molecule has 1 aromatic heterocycles. The van der Waals surface area contributed by atoms with Gasteiger partial charge in [-0.25, -0.2) is 5.84 Å². The molecule has 0 unspecified atom stereocenters. The Hall–Kier alpha value is -1.63. The summed E-state index contributed by atoms with van der Waals surface area (Å²) in [5.74, 6) is 6.89. The molecule has 1 heterocycles. The molecule has 0 aromatic carbocycles. The summed E-state index contributed by atoms with van der Waals surface area (Å²) in [6.45, 7) is 4.98. The summed E-state index contributed by atoms with van der Waals surface area (Å²) < 4.78 is 4.97. The third-order valence-corrected chi connectivity index (χ3v) is 1.77. The minimum absolute atomic E-state index is 0.244. The van der Waals surface area contributed by atoms with E-state index < -0.39 is 0 Å². The predicted molar refractivity (Wildman–Crippen MR) is 62.3 cm³/mol. The van der Waals surface area contributed by atoms with Gasteiger partial charge in [0.1, 0.15) is 0 Å². The Kier molecular flexibility index (Phi) is 4.24. The standard InChI is InChI=1S/C9H18N6O/c1-6(2)5-11-7-12-8(15(3)10)14-9(13-7)16-4/h6H,5,10H2,1-4H3,(H,11,12,13,14). The third kappa shape index (κ3) is 3.50. The van der Waals surface area contributed by atoms with Crippen molar-refractivity contribution in [3.8, 4) is 6.01 Å². The fourth-order valence-electron chi connectivity index (χ4n) is 0.969. The molecule has 0 aliphatic rings. The number of aromatic nitrogens is 3. The summed E-state index contributed by atoms with van der Waals surface area (Å²) in [6, 6.07) is 0.244. The van der Waals surface area contributed by atoms with Gasteiger partial charge in [-0.2, -0.15) is 15.0 Å². The highest BCUT2D eigenvalue weighted by Gasteiger charge is 2.08. The minimum atomic E-state index is 0.244. The Morgan fingerprint density at radius 1 is 1.38 bits per heavy atom. The molecule has 1 aromatic rings. The molecule has 7 heteroatoms. The van der Waals surface area contributed by atoms with Gasteiger partial charge in [0, 0.05) is 13.6 Å². The normalized spacial score (nSPS) is 10.4. The van der Waals surface area contributed by atoms with Crippen LogP contribution in [-0.2, 0) is 0 Å². The molecule has 0 saturated carbocycles. The van der Waals surface area contributed by atoms with Gasteiger partial charge in [0.25, 0.3) is 0 Å². The monoisotopic (exact) mass is 226 g/mol. The van der Waals surface area contributed by atoms with E-state index in [9.17, 15) is 0 Å². The molecule has 3 N–H and O–H groups in total. The molecule has 0 amide bonds. The Morgan fingerprint density at radius 3 is 2.56 bits per heavy atom. The van der Waals surface area contributed by atoms with Crippen LogP contribution in [0.2, 0.25) is 0 Å². The summed E-state index contributed by atoms with van der Waals surface area (Å²) in [4.78, 5) is 12.2. The second-order valence-electron chi connectivity index (χ2n) is 3.83. The quantitative estimate of drug-likeness (QED) is 0.549. The summed E-state index contributed by atoms with van der Waals surface area (Å²) in [5.41, 5.74) is 0. The highest BCUT2D eigenvalue weighted by Crippen LogP contribution is 2.12. The van der Waals surface area contributed by atoms with Gasteiger partial charge in [0.15, 0.2) is 0 Å². The predicted octanol–water partition coefficient (Wildman–Crippen LogP) is 0.258. The van der Waals surface area contributed by atoms with Gasteiger partial charge < -0.3 is 10.1 Å². The highest BCUT2D eigenvalue weighted by atomic mass is 16.5. The number of hydrogen-bond donors (Lipinski definition) is 2. The van der Waals surface area contributed by atoms with Gasteiger partial charge >= 0.3 is 6.01 Å². The van der Waals surface area contributed by atoms with Crippen LogP contribution in [0.25, 0.3) is 0 Å². The molecule has 7 nitrogen and oxygen atoms in total. The van der Waals surface area contributed by atoms with Crippen molar-refractivity contribution in [1.82, 2.24) is 15.0 Å². The molecule has 0 fully saturated rings. The lowest BCUT2D eigenvalue weighted by atomic mass is 10.2. The summed E-state index contributed by atoms with van der Waals surface area (Å²) in [5, 5.41) is 4.40. The first-order valence-corrected chi connectivity index (χ1v) is 5.05. The number of nitrogens with one attached hydrogen (secondary N) is 1. The van der Waals surface area contributed by atoms with Crippen LogP contribution in [0.1, 0.15) is 13.8 Å². The lowest BCUT2D eigenvalue weighted by molar-refractivity contribution is 0.379. The fourth-order valence-corrected chi connectivity index (χ4v) is 0.969. The van der Waals surface area contributed by atoms with Crippen molar-refractivity contribution in [3.63, 3.8) is 0 Å². The maximum Gasteiger partial charge on any atom is 0.322 e. The second-order valence-corrected chi connectivity index (χ2v) is 3.83. The third-order valence-electron chi connectivity index (χ3n) is 1.77.